The Kier molecular flexibility index (Phi) is 10.9. The van der Waals surface area contributed by atoms with E-state index in [-0.39, 0.29) is 41.3 Å². The van der Waals surface area contributed by atoms with Gasteiger partial charge in [-0.25, -0.2) is 0 Å². The van der Waals surface area contributed by atoms with Crippen LogP contribution >= 0.6 is 0 Å². The van der Waals surface area contributed by atoms with E-state index in [2.05, 4.69) is 0 Å². The number of hydrogen-bond acceptors (Lipinski definition) is 1. The van der Waals surface area contributed by atoms with Crippen LogP contribution in [0.15, 0.2) is 0 Å². The minimum atomic E-state index is 0. The molecular formula is C4H10OPr. The smallest absolute Gasteiger partial charge is 0.0453 e. The first-order valence-corrected chi connectivity index (χ1v) is 1.88. The van der Waals surface area contributed by atoms with E-state index in [1.165, 1.54) is 0 Å². The van der Waals surface area contributed by atoms with Gasteiger partial charge in [-0.15, -0.1) is 0 Å². The van der Waals surface area contributed by atoms with E-state index in [1.807, 2.05) is 13.8 Å². The van der Waals surface area contributed by atoms with Crippen molar-refractivity contribution in [3.63, 3.8) is 0 Å². The molecule has 0 aromatic heterocycles. The van der Waals surface area contributed by atoms with E-state index in [0.717, 1.165) is 0 Å². The van der Waals surface area contributed by atoms with E-state index in [4.69, 9.17) is 5.11 Å². The number of hydrogen-bond donors (Lipinski definition) is 1. The first kappa shape index (κ1) is 10.3. The summed E-state index contributed by atoms with van der Waals surface area (Å²) in [4.78, 5) is 0. The van der Waals surface area contributed by atoms with Crippen LogP contribution in [0.5, 0.6) is 0 Å². The fourth-order valence-corrected chi connectivity index (χ4v) is 0. The molecule has 1 N–H and O–H groups in total. The van der Waals surface area contributed by atoms with Gasteiger partial charge in [-0.2, -0.15) is 0 Å². The van der Waals surface area contributed by atoms with Crippen LogP contribution in [0.3, 0.4) is 0 Å². The quantitative estimate of drug-likeness (QED) is 0.680. The average Bonchev–Trinajstić information content (AvgIpc) is 1.38. The third-order valence-electron chi connectivity index (χ3n) is 0.365. The van der Waals surface area contributed by atoms with Gasteiger partial charge in [-0.1, -0.05) is 13.8 Å². The second-order valence-corrected chi connectivity index (χ2v) is 1.58. The molecule has 0 atom stereocenters. The van der Waals surface area contributed by atoms with Crippen LogP contribution in [0.4, 0.5) is 0 Å². The van der Waals surface area contributed by atoms with E-state index in [9.17, 15) is 0 Å². The van der Waals surface area contributed by atoms with Crippen LogP contribution in [0.1, 0.15) is 13.8 Å². The third kappa shape index (κ3) is 9.01. The maximum Gasteiger partial charge on any atom is 0.0453 e. The van der Waals surface area contributed by atoms with Crippen molar-refractivity contribution in [1.29, 1.82) is 0 Å². The van der Waals surface area contributed by atoms with Crippen LogP contribution in [-0.4, -0.2) is 11.7 Å². The molecule has 2 heteroatoms. The summed E-state index contributed by atoms with van der Waals surface area (Å²) in [5.74, 6) is 0.440. The van der Waals surface area contributed by atoms with Gasteiger partial charge in [-0.3, -0.25) is 0 Å². The van der Waals surface area contributed by atoms with Gasteiger partial charge in [0.25, 0.3) is 0 Å². The SMILES string of the molecule is CC(C)CO.[Pr]. The molecule has 1 nitrogen and oxygen atoms in total. The average molecular weight is 215 g/mol. The van der Waals surface area contributed by atoms with Crippen LogP contribution in [0, 0.1) is 47.2 Å². The van der Waals surface area contributed by atoms with Gasteiger partial charge >= 0.3 is 0 Å². The molecule has 0 spiro atoms. The molecule has 0 saturated heterocycles. The standard InChI is InChI=1S/C4H10O.Pr/c1-4(2)3-5;/h4-5H,3H2,1-2H3;. The van der Waals surface area contributed by atoms with E-state index in [0.29, 0.717) is 12.5 Å². The predicted molar refractivity (Wildman–Crippen MR) is 21.9 cm³/mol. The molecule has 0 bridgehead atoms. The fourth-order valence-electron chi connectivity index (χ4n) is 0. The van der Waals surface area contributed by atoms with Crippen molar-refractivity contribution in [2.45, 2.75) is 13.8 Å². The first-order chi connectivity index (χ1) is 2.27. The topological polar surface area (TPSA) is 20.2 Å². The van der Waals surface area contributed by atoms with Crippen LogP contribution < -0.4 is 0 Å². The summed E-state index contributed by atoms with van der Waals surface area (Å²) in [6.45, 7) is 4.25. The molecule has 0 aliphatic rings. The molecule has 0 heterocycles. The van der Waals surface area contributed by atoms with Crippen molar-refractivity contribution in [2.24, 2.45) is 5.92 Å². The Bertz CT molecular complexity index is 21.5. The van der Waals surface area contributed by atoms with Crippen LogP contribution in [-0.2, 0) is 0 Å². The number of aliphatic hydroxyl groups excluding tert-OH is 1. The minimum absolute atomic E-state index is 0. The van der Waals surface area contributed by atoms with Crippen LogP contribution in [0.25, 0.3) is 0 Å². The predicted octanol–water partition coefficient (Wildman–Crippen LogP) is 0.635. The van der Waals surface area contributed by atoms with Crippen LogP contribution in [0.2, 0.25) is 0 Å². The first-order valence-electron chi connectivity index (χ1n) is 1.88. The summed E-state index contributed by atoms with van der Waals surface area (Å²) < 4.78 is 0. The maximum atomic E-state index is 8.14. The molecule has 35 valence electrons. The molecule has 0 fully saturated rings. The second-order valence-electron chi connectivity index (χ2n) is 1.58. The van der Waals surface area contributed by atoms with Gasteiger partial charge in [0.05, 0.1) is 0 Å². The Balaban J connectivity index is 0. The van der Waals surface area contributed by atoms with E-state index < -0.39 is 0 Å². The van der Waals surface area contributed by atoms with Gasteiger partial charge < -0.3 is 5.11 Å². The van der Waals surface area contributed by atoms with Crippen molar-refractivity contribution in [3.8, 4) is 0 Å². The van der Waals surface area contributed by atoms with Gasteiger partial charge in [0.15, 0.2) is 0 Å². The molecule has 0 amide bonds. The molecule has 0 aromatic carbocycles. The van der Waals surface area contributed by atoms with Crippen molar-refractivity contribution >= 4 is 0 Å². The summed E-state index contributed by atoms with van der Waals surface area (Å²) in [6, 6.07) is 0. The molecule has 0 unspecified atom stereocenters. The summed E-state index contributed by atoms with van der Waals surface area (Å²) >= 11 is 0. The van der Waals surface area contributed by atoms with Crippen molar-refractivity contribution in [3.05, 3.63) is 0 Å². The van der Waals surface area contributed by atoms with Crippen molar-refractivity contribution < 1.29 is 46.4 Å². The van der Waals surface area contributed by atoms with Gasteiger partial charge in [-0.05, 0) is 5.92 Å². The molecule has 0 aliphatic carbocycles. The largest absolute Gasteiger partial charge is 0.396 e. The monoisotopic (exact) mass is 215 g/mol. The van der Waals surface area contributed by atoms with Gasteiger partial charge in [0.2, 0.25) is 0 Å². The summed E-state index contributed by atoms with van der Waals surface area (Å²) in [5.41, 5.74) is 0. The molecule has 6 heavy (non-hydrogen) atoms. The summed E-state index contributed by atoms with van der Waals surface area (Å²) in [6.07, 6.45) is 0. The third-order valence-corrected chi connectivity index (χ3v) is 0.365. The molecule has 0 saturated carbocycles. The fraction of sp³-hybridized carbons (Fsp3) is 1.00. The molecule has 0 rings (SSSR count). The Morgan fingerprint density at radius 1 is 1.50 bits per heavy atom. The Morgan fingerprint density at radius 3 is 1.67 bits per heavy atom. The second kappa shape index (κ2) is 6.32. The zero-order valence-corrected chi connectivity index (χ0v) is 8.01. The molecule has 0 aromatic rings. The maximum absolute atomic E-state index is 8.14. The normalized spacial score (nSPS) is 8.00. The van der Waals surface area contributed by atoms with Crippen molar-refractivity contribution in [1.82, 2.24) is 0 Å². The Labute approximate surface area is 72.1 Å². The molecule has 0 aliphatic heterocycles. The Morgan fingerprint density at radius 2 is 1.67 bits per heavy atom. The molecular weight excluding hydrogens is 205 g/mol. The van der Waals surface area contributed by atoms with E-state index in [1.54, 1.807) is 0 Å². The van der Waals surface area contributed by atoms with E-state index >= 15 is 0 Å². The van der Waals surface area contributed by atoms with Gasteiger partial charge in [0.1, 0.15) is 0 Å². The Hall–Kier alpha value is 1.32. The van der Waals surface area contributed by atoms with Gasteiger partial charge in [0, 0.05) is 47.9 Å². The number of aliphatic hydroxyl groups is 1. The molecule has 1 radical (unpaired) electrons. The number of rotatable bonds is 1. The summed E-state index contributed by atoms with van der Waals surface area (Å²) in [7, 11) is 0. The summed E-state index contributed by atoms with van der Waals surface area (Å²) in [5, 5.41) is 8.14. The zero-order chi connectivity index (χ0) is 4.28. The van der Waals surface area contributed by atoms with Crippen molar-refractivity contribution in [2.75, 3.05) is 6.61 Å². The minimum Gasteiger partial charge on any atom is -0.396 e. The zero-order valence-electron chi connectivity index (χ0n) is 4.31.